The smallest absolute Gasteiger partial charge is 0.228 e. The van der Waals surface area contributed by atoms with Gasteiger partial charge in [0.1, 0.15) is 0 Å². The van der Waals surface area contributed by atoms with Crippen molar-refractivity contribution in [3.8, 4) is 11.4 Å². The number of benzene rings is 1. The summed E-state index contributed by atoms with van der Waals surface area (Å²) in [5.74, 6) is 2.01. The molecule has 1 heterocycles. The molecule has 0 saturated carbocycles. The van der Waals surface area contributed by atoms with Gasteiger partial charge in [0.2, 0.25) is 11.7 Å². The van der Waals surface area contributed by atoms with Gasteiger partial charge < -0.3 is 9.84 Å². The first-order valence-electron chi connectivity index (χ1n) is 6.34. The number of nitrogens with one attached hydrogen (secondary N) is 1. The van der Waals surface area contributed by atoms with Crippen LogP contribution in [0.15, 0.2) is 34.9 Å². The molecule has 0 saturated heterocycles. The number of hydrogen-bond donors (Lipinski definition) is 1. The van der Waals surface area contributed by atoms with E-state index in [2.05, 4.69) is 29.3 Å². The molecule has 1 aromatic carbocycles. The highest BCUT2D eigenvalue weighted by atomic mass is 16.5. The zero-order chi connectivity index (χ0) is 12.8. The minimum absolute atomic E-state index is 0.660. The van der Waals surface area contributed by atoms with Crippen LogP contribution in [0.1, 0.15) is 19.7 Å². The molecule has 0 atom stereocenters. The van der Waals surface area contributed by atoms with Gasteiger partial charge in [-0.25, -0.2) is 0 Å². The zero-order valence-corrected chi connectivity index (χ0v) is 10.9. The Balaban J connectivity index is 1.87. The number of rotatable bonds is 6. The van der Waals surface area contributed by atoms with Gasteiger partial charge >= 0.3 is 0 Å². The Kier molecular flexibility index (Phi) is 4.47. The first-order chi connectivity index (χ1) is 8.75. The first kappa shape index (κ1) is 12.8. The second kappa shape index (κ2) is 6.31. The first-order valence-corrected chi connectivity index (χ1v) is 6.34. The molecule has 2 aromatic rings. The largest absolute Gasteiger partial charge is 0.339 e. The molecule has 0 aliphatic carbocycles. The number of aromatic nitrogens is 2. The second-order valence-electron chi connectivity index (χ2n) is 4.73. The molecule has 0 radical (unpaired) electrons. The van der Waals surface area contributed by atoms with E-state index in [4.69, 9.17) is 4.52 Å². The topological polar surface area (TPSA) is 51.0 Å². The van der Waals surface area contributed by atoms with Gasteiger partial charge in [-0.3, -0.25) is 0 Å². The van der Waals surface area contributed by atoms with E-state index in [-0.39, 0.29) is 0 Å². The normalized spacial score (nSPS) is 11.1. The van der Waals surface area contributed by atoms with Gasteiger partial charge in [-0.1, -0.05) is 49.3 Å². The van der Waals surface area contributed by atoms with Crippen LogP contribution in [-0.2, 0) is 6.42 Å². The van der Waals surface area contributed by atoms with Crippen LogP contribution in [0, 0.1) is 5.92 Å². The molecule has 4 nitrogen and oxygen atoms in total. The van der Waals surface area contributed by atoms with Crippen molar-refractivity contribution < 1.29 is 4.52 Å². The SMILES string of the molecule is CC(C)CNCCc1nc(-c2ccccc2)no1. The molecule has 0 spiro atoms. The molecule has 0 aliphatic heterocycles. The molecule has 18 heavy (non-hydrogen) atoms. The Hall–Kier alpha value is -1.68. The molecule has 0 aliphatic rings. The fraction of sp³-hybridized carbons (Fsp3) is 0.429. The van der Waals surface area contributed by atoms with Gasteiger partial charge in [-0.05, 0) is 12.5 Å². The zero-order valence-electron chi connectivity index (χ0n) is 10.9. The third-order valence-corrected chi connectivity index (χ3v) is 2.57. The summed E-state index contributed by atoms with van der Waals surface area (Å²) in [6, 6.07) is 9.86. The number of nitrogens with zero attached hydrogens (tertiary/aromatic N) is 2. The Morgan fingerprint density at radius 2 is 2.00 bits per heavy atom. The van der Waals surface area contributed by atoms with E-state index in [0.29, 0.717) is 17.6 Å². The summed E-state index contributed by atoms with van der Waals surface area (Å²) in [4.78, 5) is 4.38. The minimum Gasteiger partial charge on any atom is -0.339 e. The molecule has 0 fully saturated rings. The summed E-state index contributed by atoms with van der Waals surface area (Å²) in [6.45, 7) is 6.26. The quantitative estimate of drug-likeness (QED) is 0.794. The molecular formula is C14H19N3O. The summed E-state index contributed by atoms with van der Waals surface area (Å²) in [6.07, 6.45) is 0.770. The van der Waals surface area contributed by atoms with Crippen LogP contribution in [0.4, 0.5) is 0 Å². The van der Waals surface area contributed by atoms with Crippen molar-refractivity contribution in [1.82, 2.24) is 15.5 Å². The lowest BCUT2D eigenvalue weighted by Gasteiger charge is -2.04. The molecule has 1 N–H and O–H groups in total. The standard InChI is InChI=1S/C14H19N3O/c1-11(2)10-15-9-8-13-16-14(17-18-13)12-6-4-3-5-7-12/h3-7,11,15H,8-10H2,1-2H3. The molecule has 96 valence electrons. The van der Waals surface area contributed by atoms with Crippen molar-refractivity contribution in [2.45, 2.75) is 20.3 Å². The maximum absolute atomic E-state index is 5.22. The third kappa shape index (κ3) is 3.67. The Morgan fingerprint density at radius 3 is 2.72 bits per heavy atom. The van der Waals surface area contributed by atoms with Crippen molar-refractivity contribution >= 4 is 0 Å². The van der Waals surface area contributed by atoms with E-state index in [1.807, 2.05) is 30.3 Å². The summed E-state index contributed by atoms with van der Waals surface area (Å²) < 4.78 is 5.22. The van der Waals surface area contributed by atoms with E-state index < -0.39 is 0 Å². The predicted octanol–water partition coefficient (Wildman–Crippen LogP) is 2.52. The summed E-state index contributed by atoms with van der Waals surface area (Å²) >= 11 is 0. The van der Waals surface area contributed by atoms with Gasteiger partial charge in [0.05, 0.1) is 0 Å². The van der Waals surface area contributed by atoms with E-state index >= 15 is 0 Å². The predicted molar refractivity (Wildman–Crippen MR) is 71.1 cm³/mol. The van der Waals surface area contributed by atoms with Gasteiger partial charge in [-0.2, -0.15) is 4.98 Å². The van der Waals surface area contributed by atoms with E-state index in [1.54, 1.807) is 0 Å². The molecule has 0 amide bonds. The van der Waals surface area contributed by atoms with E-state index in [1.165, 1.54) is 0 Å². The van der Waals surface area contributed by atoms with E-state index in [0.717, 1.165) is 25.1 Å². The van der Waals surface area contributed by atoms with Crippen LogP contribution < -0.4 is 5.32 Å². The van der Waals surface area contributed by atoms with Gasteiger partial charge in [0.25, 0.3) is 0 Å². The highest BCUT2D eigenvalue weighted by Crippen LogP contribution is 2.14. The highest BCUT2D eigenvalue weighted by molar-refractivity contribution is 5.53. The van der Waals surface area contributed by atoms with Crippen molar-refractivity contribution in [1.29, 1.82) is 0 Å². The fourth-order valence-corrected chi connectivity index (χ4v) is 1.65. The van der Waals surface area contributed by atoms with Crippen LogP contribution in [0.25, 0.3) is 11.4 Å². The minimum atomic E-state index is 0.660. The van der Waals surface area contributed by atoms with Crippen molar-refractivity contribution in [2.75, 3.05) is 13.1 Å². The lowest BCUT2D eigenvalue weighted by Crippen LogP contribution is -2.22. The monoisotopic (exact) mass is 245 g/mol. The molecule has 4 heteroatoms. The van der Waals surface area contributed by atoms with Crippen LogP contribution >= 0.6 is 0 Å². The summed E-state index contributed by atoms with van der Waals surface area (Å²) in [5, 5.41) is 7.34. The Bertz CT molecular complexity index is 465. The van der Waals surface area contributed by atoms with Crippen molar-refractivity contribution in [2.24, 2.45) is 5.92 Å². The molecular weight excluding hydrogens is 226 g/mol. The maximum Gasteiger partial charge on any atom is 0.228 e. The Labute approximate surface area is 107 Å². The average Bonchev–Trinajstić information content (AvgIpc) is 2.84. The average molecular weight is 245 g/mol. The molecule has 2 rings (SSSR count). The van der Waals surface area contributed by atoms with Crippen molar-refractivity contribution in [3.05, 3.63) is 36.2 Å². The van der Waals surface area contributed by atoms with Crippen LogP contribution in [0.3, 0.4) is 0 Å². The van der Waals surface area contributed by atoms with E-state index in [9.17, 15) is 0 Å². The summed E-state index contributed by atoms with van der Waals surface area (Å²) in [7, 11) is 0. The second-order valence-corrected chi connectivity index (χ2v) is 4.73. The maximum atomic E-state index is 5.22. The van der Waals surface area contributed by atoms with Gasteiger partial charge in [0.15, 0.2) is 0 Å². The lowest BCUT2D eigenvalue weighted by atomic mass is 10.2. The number of hydrogen-bond acceptors (Lipinski definition) is 4. The molecule has 0 bridgehead atoms. The van der Waals surface area contributed by atoms with Crippen LogP contribution in [-0.4, -0.2) is 23.2 Å². The highest BCUT2D eigenvalue weighted by Gasteiger charge is 2.07. The Morgan fingerprint density at radius 1 is 1.22 bits per heavy atom. The van der Waals surface area contributed by atoms with Gasteiger partial charge in [0, 0.05) is 18.5 Å². The summed E-state index contributed by atoms with van der Waals surface area (Å²) in [5.41, 5.74) is 0.989. The lowest BCUT2D eigenvalue weighted by molar-refractivity contribution is 0.375. The van der Waals surface area contributed by atoms with Crippen LogP contribution in [0.5, 0.6) is 0 Å². The fourth-order valence-electron chi connectivity index (χ4n) is 1.65. The van der Waals surface area contributed by atoms with Crippen molar-refractivity contribution in [3.63, 3.8) is 0 Å². The van der Waals surface area contributed by atoms with Gasteiger partial charge in [-0.15, -0.1) is 0 Å². The molecule has 1 aromatic heterocycles. The third-order valence-electron chi connectivity index (χ3n) is 2.57. The molecule has 0 unspecified atom stereocenters. The van der Waals surface area contributed by atoms with Crippen LogP contribution in [0.2, 0.25) is 0 Å².